The van der Waals surface area contributed by atoms with Gasteiger partial charge in [-0.3, -0.25) is 0 Å². The molecule has 0 heteroatoms. The number of terminal acetylenes is 1. The molecule has 0 fully saturated rings. The summed E-state index contributed by atoms with van der Waals surface area (Å²) in [4.78, 5) is 0. The summed E-state index contributed by atoms with van der Waals surface area (Å²) in [5.74, 6) is 2.69. The van der Waals surface area contributed by atoms with E-state index in [0.717, 1.165) is 12.8 Å². The molecule has 0 amide bonds. The van der Waals surface area contributed by atoms with Crippen molar-refractivity contribution >= 4 is 6.08 Å². The van der Waals surface area contributed by atoms with E-state index in [1.54, 1.807) is 0 Å². The molecular formula is C16H18. The van der Waals surface area contributed by atoms with Gasteiger partial charge in [0.25, 0.3) is 0 Å². The third kappa shape index (κ3) is 2.76. The van der Waals surface area contributed by atoms with Gasteiger partial charge in [0.15, 0.2) is 0 Å². The van der Waals surface area contributed by atoms with E-state index in [1.807, 2.05) is 0 Å². The van der Waals surface area contributed by atoms with Crippen LogP contribution in [0.5, 0.6) is 0 Å². The van der Waals surface area contributed by atoms with Gasteiger partial charge in [-0.15, -0.1) is 12.3 Å². The van der Waals surface area contributed by atoms with E-state index >= 15 is 0 Å². The lowest BCUT2D eigenvalue weighted by Gasteiger charge is -2.04. The molecule has 0 unspecified atom stereocenters. The summed E-state index contributed by atoms with van der Waals surface area (Å²) < 4.78 is 0. The van der Waals surface area contributed by atoms with Crippen molar-refractivity contribution in [3.63, 3.8) is 0 Å². The summed E-state index contributed by atoms with van der Waals surface area (Å²) in [5.41, 5.74) is 4.35. The molecule has 1 aromatic rings. The van der Waals surface area contributed by atoms with Crippen molar-refractivity contribution in [1.29, 1.82) is 0 Å². The first-order valence-electron chi connectivity index (χ1n) is 6.12. The van der Waals surface area contributed by atoms with Gasteiger partial charge < -0.3 is 0 Å². The minimum absolute atomic E-state index is 0.924. The Labute approximate surface area is 98.4 Å². The largest absolute Gasteiger partial charge is 0.120 e. The summed E-state index contributed by atoms with van der Waals surface area (Å²) in [6.07, 6.45) is 16.6. The topological polar surface area (TPSA) is 0 Å². The molecule has 1 aliphatic rings. The standard InChI is InChI=1S/C16H18/c1-2-3-4-5-6-8-14-11-12-15-9-7-10-16(15)13-14/h1,7,10-13H,3-6,8-9H2. The fourth-order valence-electron chi connectivity index (χ4n) is 2.19. The van der Waals surface area contributed by atoms with Crippen LogP contribution in [0.15, 0.2) is 24.3 Å². The quantitative estimate of drug-likeness (QED) is 0.509. The van der Waals surface area contributed by atoms with Crippen molar-refractivity contribution < 1.29 is 0 Å². The smallest absolute Gasteiger partial charge is 0.00860 e. The van der Waals surface area contributed by atoms with Gasteiger partial charge in [0.2, 0.25) is 0 Å². The average molecular weight is 210 g/mol. The van der Waals surface area contributed by atoms with E-state index in [4.69, 9.17) is 6.42 Å². The van der Waals surface area contributed by atoms with Crippen molar-refractivity contribution in [3.8, 4) is 12.3 Å². The van der Waals surface area contributed by atoms with Gasteiger partial charge in [0, 0.05) is 6.42 Å². The monoisotopic (exact) mass is 210 g/mol. The van der Waals surface area contributed by atoms with E-state index in [9.17, 15) is 0 Å². The highest BCUT2D eigenvalue weighted by Gasteiger charge is 2.04. The van der Waals surface area contributed by atoms with E-state index in [-0.39, 0.29) is 0 Å². The third-order valence-electron chi connectivity index (χ3n) is 3.13. The van der Waals surface area contributed by atoms with Gasteiger partial charge in [-0.05, 0) is 42.4 Å². The minimum atomic E-state index is 0.924. The van der Waals surface area contributed by atoms with Crippen LogP contribution in [0.4, 0.5) is 0 Å². The number of aryl methyl sites for hydroxylation is 1. The van der Waals surface area contributed by atoms with Gasteiger partial charge >= 0.3 is 0 Å². The molecule has 82 valence electrons. The van der Waals surface area contributed by atoms with Crippen LogP contribution < -0.4 is 0 Å². The van der Waals surface area contributed by atoms with Crippen LogP contribution in [0.2, 0.25) is 0 Å². The van der Waals surface area contributed by atoms with E-state index in [1.165, 1.54) is 42.4 Å². The second kappa shape index (κ2) is 5.56. The fourth-order valence-corrected chi connectivity index (χ4v) is 2.19. The predicted octanol–water partition coefficient (Wildman–Crippen LogP) is 3.99. The predicted molar refractivity (Wildman–Crippen MR) is 70.2 cm³/mol. The zero-order chi connectivity index (χ0) is 11.2. The minimum Gasteiger partial charge on any atom is -0.120 e. The number of hydrogen-bond donors (Lipinski definition) is 0. The van der Waals surface area contributed by atoms with Crippen LogP contribution >= 0.6 is 0 Å². The Morgan fingerprint density at radius 3 is 3.00 bits per heavy atom. The van der Waals surface area contributed by atoms with Crippen molar-refractivity contribution in [1.82, 2.24) is 0 Å². The lowest BCUT2D eigenvalue weighted by molar-refractivity contribution is 0.692. The number of fused-ring (bicyclic) bond motifs is 1. The lowest BCUT2D eigenvalue weighted by Crippen LogP contribution is -1.89. The molecule has 0 heterocycles. The van der Waals surface area contributed by atoms with Crippen LogP contribution in [0.25, 0.3) is 6.08 Å². The zero-order valence-corrected chi connectivity index (χ0v) is 9.71. The highest BCUT2D eigenvalue weighted by molar-refractivity contribution is 5.60. The molecule has 0 spiro atoms. The first kappa shape index (κ1) is 11.0. The average Bonchev–Trinajstić information content (AvgIpc) is 2.76. The molecule has 0 radical (unpaired) electrons. The number of allylic oxidation sites excluding steroid dienone is 1. The Bertz CT molecular complexity index is 418. The maximum absolute atomic E-state index is 5.23. The Morgan fingerprint density at radius 1 is 1.19 bits per heavy atom. The molecule has 1 aromatic carbocycles. The molecule has 0 nitrogen and oxygen atoms in total. The van der Waals surface area contributed by atoms with Crippen molar-refractivity contribution in [3.05, 3.63) is 41.0 Å². The Kier molecular flexibility index (Phi) is 3.83. The molecule has 16 heavy (non-hydrogen) atoms. The SMILES string of the molecule is C#CCCCCCc1ccc2c(c1)C=CC2. The van der Waals surface area contributed by atoms with Gasteiger partial charge in [0.1, 0.15) is 0 Å². The Morgan fingerprint density at radius 2 is 2.12 bits per heavy atom. The highest BCUT2D eigenvalue weighted by Crippen LogP contribution is 2.21. The summed E-state index contributed by atoms with van der Waals surface area (Å²) in [6, 6.07) is 6.87. The van der Waals surface area contributed by atoms with E-state index in [2.05, 4.69) is 36.3 Å². The summed E-state index contributed by atoms with van der Waals surface area (Å²) in [6.45, 7) is 0. The Hall–Kier alpha value is -1.48. The van der Waals surface area contributed by atoms with Gasteiger partial charge in [-0.1, -0.05) is 36.8 Å². The maximum Gasteiger partial charge on any atom is 0.00860 e. The number of rotatable bonds is 5. The first-order chi connectivity index (χ1) is 7.90. The molecule has 0 saturated heterocycles. The zero-order valence-electron chi connectivity index (χ0n) is 9.71. The first-order valence-corrected chi connectivity index (χ1v) is 6.12. The van der Waals surface area contributed by atoms with Crippen molar-refractivity contribution in [2.45, 2.75) is 38.5 Å². The molecular weight excluding hydrogens is 192 g/mol. The maximum atomic E-state index is 5.23. The molecule has 0 bridgehead atoms. The van der Waals surface area contributed by atoms with Crippen LogP contribution in [0.1, 0.15) is 42.4 Å². The lowest BCUT2D eigenvalue weighted by atomic mass is 10.0. The van der Waals surface area contributed by atoms with Crippen molar-refractivity contribution in [2.75, 3.05) is 0 Å². The number of hydrogen-bond acceptors (Lipinski definition) is 0. The van der Waals surface area contributed by atoms with E-state index < -0.39 is 0 Å². The van der Waals surface area contributed by atoms with Gasteiger partial charge in [0.05, 0.1) is 0 Å². The highest BCUT2D eigenvalue weighted by atomic mass is 14.1. The number of unbranched alkanes of at least 4 members (excludes halogenated alkanes) is 3. The van der Waals surface area contributed by atoms with Gasteiger partial charge in [-0.25, -0.2) is 0 Å². The molecule has 0 aliphatic heterocycles. The normalized spacial score (nSPS) is 12.4. The summed E-state index contributed by atoms with van der Waals surface area (Å²) in [7, 11) is 0. The van der Waals surface area contributed by atoms with Crippen LogP contribution in [-0.4, -0.2) is 0 Å². The molecule has 0 atom stereocenters. The number of benzene rings is 1. The summed E-state index contributed by atoms with van der Waals surface area (Å²) >= 11 is 0. The molecule has 0 N–H and O–H groups in total. The molecule has 0 saturated carbocycles. The van der Waals surface area contributed by atoms with E-state index in [0.29, 0.717) is 0 Å². The molecule has 0 aromatic heterocycles. The Balaban J connectivity index is 1.82. The van der Waals surface area contributed by atoms with Crippen LogP contribution in [0.3, 0.4) is 0 Å². The second-order valence-corrected chi connectivity index (χ2v) is 4.40. The second-order valence-electron chi connectivity index (χ2n) is 4.40. The van der Waals surface area contributed by atoms with Gasteiger partial charge in [-0.2, -0.15) is 0 Å². The summed E-state index contributed by atoms with van der Waals surface area (Å²) in [5, 5.41) is 0. The van der Waals surface area contributed by atoms with Crippen LogP contribution in [-0.2, 0) is 12.8 Å². The fraction of sp³-hybridized carbons (Fsp3) is 0.375. The molecule has 2 rings (SSSR count). The molecule has 1 aliphatic carbocycles. The third-order valence-corrected chi connectivity index (χ3v) is 3.13. The van der Waals surface area contributed by atoms with Crippen molar-refractivity contribution in [2.24, 2.45) is 0 Å². The van der Waals surface area contributed by atoms with Crippen LogP contribution in [0, 0.1) is 12.3 Å².